The van der Waals surface area contributed by atoms with Gasteiger partial charge in [-0.05, 0) is 62.1 Å². The Balaban J connectivity index is 1.76. The van der Waals surface area contributed by atoms with E-state index in [0.717, 1.165) is 17.7 Å². The van der Waals surface area contributed by atoms with E-state index in [9.17, 15) is 26.4 Å². The van der Waals surface area contributed by atoms with Crippen LogP contribution in [0.1, 0.15) is 29.5 Å². The summed E-state index contributed by atoms with van der Waals surface area (Å²) in [6.45, 7) is 3.80. The molecule has 1 N–H and O–H groups in total. The highest BCUT2D eigenvalue weighted by Crippen LogP contribution is 2.31. The summed E-state index contributed by atoms with van der Waals surface area (Å²) in [4.78, 5) is 12.9. The number of halogens is 3. The third-order valence-electron chi connectivity index (χ3n) is 5.17. The van der Waals surface area contributed by atoms with Crippen LogP contribution < -0.4 is 5.32 Å². The molecule has 2 aromatic carbocycles. The predicted octanol–water partition coefficient (Wildman–Crippen LogP) is 4.36. The Morgan fingerprint density at radius 2 is 1.87 bits per heavy atom. The normalized spacial score (nSPS) is 18.2. The lowest BCUT2D eigenvalue weighted by Crippen LogP contribution is -2.43. The molecule has 1 unspecified atom stereocenters. The molecule has 0 spiro atoms. The molecule has 9 heteroatoms. The molecule has 1 amide bonds. The van der Waals surface area contributed by atoms with Gasteiger partial charge in [0.25, 0.3) is 0 Å². The zero-order valence-electron chi connectivity index (χ0n) is 16.7. The molecule has 0 aromatic heterocycles. The average Bonchev–Trinajstić information content (AvgIpc) is 2.69. The first-order valence-corrected chi connectivity index (χ1v) is 11.0. The quantitative estimate of drug-likeness (QED) is 0.768. The molecule has 0 bridgehead atoms. The Morgan fingerprint density at radius 3 is 2.57 bits per heavy atom. The molecule has 1 heterocycles. The number of rotatable bonds is 4. The van der Waals surface area contributed by atoms with Crippen LogP contribution in [0, 0.1) is 19.8 Å². The van der Waals surface area contributed by atoms with Gasteiger partial charge in [-0.1, -0.05) is 18.2 Å². The van der Waals surface area contributed by atoms with Crippen LogP contribution in [-0.2, 0) is 21.0 Å². The molecule has 2 aromatic rings. The Labute approximate surface area is 173 Å². The highest BCUT2D eigenvalue weighted by atomic mass is 32.2. The zero-order chi connectivity index (χ0) is 22.1. The van der Waals surface area contributed by atoms with E-state index in [1.54, 1.807) is 26.0 Å². The molecule has 0 saturated carbocycles. The van der Waals surface area contributed by atoms with E-state index >= 15 is 0 Å². The molecule has 162 valence electrons. The van der Waals surface area contributed by atoms with E-state index in [2.05, 4.69) is 5.32 Å². The van der Waals surface area contributed by atoms with Crippen molar-refractivity contribution >= 4 is 21.6 Å². The van der Waals surface area contributed by atoms with Crippen LogP contribution in [-0.4, -0.2) is 31.7 Å². The van der Waals surface area contributed by atoms with E-state index in [1.807, 2.05) is 6.07 Å². The third-order valence-corrected chi connectivity index (χ3v) is 7.18. The first kappa shape index (κ1) is 22.3. The number of sulfonamides is 1. The number of hydrogen-bond donors (Lipinski definition) is 1. The Bertz CT molecular complexity index is 1050. The van der Waals surface area contributed by atoms with Gasteiger partial charge < -0.3 is 5.32 Å². The van der Waals surface area contributed by atoms with Gasteiger partial charge in [0.05, 0.1) is 16.4 Å². The van der Waals surface area contributed by atoms with Crippen molar-refractivity contribution in [3.05, 3.63) is 59.2 Å². The lowest BCUT2D eigenvalue weighted by atomic mass is 9.98. The highest BCUT2D eigenvalue weighted by molar-refractivity contribution is 7.89. The van der Waals surface area contributed by atoms with Crippen molar-refractivity contribution in [3.8, 4) is 0 Å². The maximum atomic E-state index is 13.1. The molecule has 0 aliphatic carbocycles. The van der Waals surface area contributed by atoms with Crippen molar-refractivity contribution in [1.82, 2.24) is 4.31 Å². The van der Waals surface area contributed by atoms with Gasteiger partial charge in [-0.2, -0.15) is 17.5 Å². The SMILES string of the molecule is Cc1ccc(C)c(S(=O)(=O)N2CCCC(C(=O)Nc3cccc(C(F)(F)F)c3)C2)c1. The third kappa shape index (κ3) is 4.84. The number of aryl methyl sites for hydroxylation is 2. The number of nitrogens with one attached hydrogen (secondary N) is 1. The predicted molar refractivity (Wildman–Crippen MR) is 107 cm³/mol. The summed E-state index contributed by atoms with van der Waals surface area (Å²) in [7, 11) is -3.78. The van der Waals surface area contributed by atoms with Crippen LogP contribution in [0.2, 0.25) is 0 Å². The van der Waals surface area contributed by atoms with Crippen molar-refractivity contribution < 1.29 is 26.4 Å². The number of carbonyl (C=O) groups excluding carboxylic acids is 1. The largest absolute Gasteiger partial charge is 0.416 e. The summed E-state index contributed by atoms with van der Waals surface area (Å²) in [6.07, 6.45) is -3.56. The second kappa shape index (κ2) is 8.39. The van der Waals surface area contributed by atoms with Crippen LogP contribution in [0.4, 0.5) is 18.9 Å². The Kier molecular flexibility index (Phi) is 6.24. The highest BCUT2D eigenvalue weighted by Gasteiger charge is 2.35. The fraction of sp³-hybridized carbons (Fsp3) is 0.381. The molecule has 1 fully saturated rings. The van der Waals surface area contributed by atoms with Gasteiger partial charge >= 0.3 is 6.18 Å². The van der Waals surface area contributed by atoms with Crippen LogP contribution in [0.5, 0.6) is 0 Å². The number of hydrogen-bond acceptors (Lipinski definition) is 3. The van der Waals surface area contributed by atoms with Crippen molar-refractivity contribution in [2.45, 2.75) is 37.8 Å². The average molecular weight is 440 g/mol. The monoisotopic (exact) mass is 440 g/mol. The van der Waals surface area contributed by atoms with Gasteiger partial charge in [-0.15, -0.1) is 0 Å². The first-order chi connectivity index (χ1) is 14.0. The van der Waals surface area contributed by atoms with E-state index in [-0.39, 0.29) is 17.1 Å². The van der Waals surface area contributed by atoms with Gasteiger partial charge in [-0.25, -0.2) is 8.42 Å². The number of piperidine rings is 1. The fourth-order valence-corrected chi connectivity index (χ4v) is 5.35. The lowest BCUT2D eigenvalue weighted by molar-refractivity contribution is -0.137. The number of carbonyl (C=O) groups is 1. The number of anilines is 1. The fourth-order valence-electron chi connectivity index (χ4n) is 3.52. The lowest BCUT2D eigenvalue weighted by Gasteiger charge is -2.31. The molecule has 0 radical (unpaired) electrons. The summed E-state index contributed by atoms with van der Waals surface area (Å²) in [5.41, 5.74) is 0.610. The van der Waals surface area contributed by atoms with Gasteiger partial charge in [0.15, 0.2) is 0 Å². The zero-order valence-corrected chi connectivity index (χ0v) is 17.5. The minimum atomic E-state index is -4.51. The number of amides is 1. The minimum Gasteiger partial charge on any atom is -0.326 e. The Morgan fingerprint density at radius 1 is 1.13 bits per heavy atom. The minimum absolute atomic E-state index is 0.0134. The van der Waals surface area contributed by atoms with Crippen molar-refractivity contribution in [2.75, 3.05) is 18.4 Å². The molecule has 3 rings (SSSR count). The van der Waals surface area contributed by atoms with Crippen LogP contribution in [0.15, 0.2) is 47.4 Å². The molecule has 1 atom stereocenters. The summed E-state index contributed by atoms with van der Waals surface area (Å²) < 4.78 is 66.1. The summed E-state index contributed by atoms with van der Waals surface area (Å²) in [5.74, 6) is -1.14. The van der Waals surface area contributed by atoms with Crippen LogP contribution in [0.25, 0.3) is 0 Å². The molecular weight excluding hydrogens is 417 g/mol. The molecule has 1 aliphatic heterocycles. The first-order valence-electron chi connectivity index (χ1n) is 9.54. The maximum absolute atomic E-state index is 13.1. The topological polar surface area (TPSA) is 66.5 Å². The second-order valence-electron chi connectivity index (χ2n) is 7.54. The molecule has 30 heavy (non-hydrogen) atoms. The maximum Gasteiger partial charge on any atom is 0.416 e. The Hall–Kier alpha value is -2.39. The van der Waals surface area contributed by atoms with Gasteiger partial charge in [0.2, 0.25) is 15.9 Å². The van der Waals surface area contributed by atoms with E-state index in [0.29, 0.717) is 24.9 Å². The van der Waals surface area contributed by atoms with Gasteiger partial charge in [0, 0.05) is 18.8 Å². The van der Waals surface area contributed by atoms with Crippen LogP contribution in [0.3, 0.4) is 0 Å². The van der Waals surface area contributed by atoms with E-state index in [4.69, 9.17) is 0 Å². The molecule has 1 aliphatic rings. The van der Waals surface area contributed by atoms with Crippen molar-refractivity contribution in [3.63, 3.8) is 0 Å². The number of benzene rings is 2. The number of nitrogens with zero attached hydrogens (tertiary/aromatic N) is 1. The summed E-state index contributed by atoms with van der Waals surface area (Å²) >= 11 is 0. The molecule has 1 saturated heterocycles. The van der Waals surface area contributed by atoms with Crippen molar-refractivity contribution in [1.29, 1.82) is 0 Å². The molecular formula is C21H23F3N2O3S. The second-order valence-corrected chi connectivity index (χ2v) is 9.45. The van der Waals surface area contributed by atoms with E-state index < -0.39 is 33.6 Å². The van der Waals surface area contributed by atoms with Gasteiger partial charge in [0.1, 0.15) is 0 Å². The standard InChI is InChI=1S/C21H23F3N2O3S/c1-14-8-9-15(2)19(11-14)30(28,29)26-10-4-5-16(13-26)20(27)25-18-7-3-6-17(12-18)21(22,23)24/h3,6-9,11-12,16H,4-5,10,13H2,1-2H3,(H,25,27). The summed E-state index contributed by atoms with van der Waals surface area (Å²) in [6, 6.07) is 9.56. The van der Waals surface area contributed by atoms with Gasteiger partial charge in [-0.3, -0.25) is 4.79 Å². The van der Waals surface area contributed by atoms with Crippen LogP contribution >= 0.6 is 0 Å². The smallest absolute Gasteiger partial charge is 0.326 e. The van der Waals surface area contributed by atoms with Crippen molar-refractivity contribution in [2.24, 2.45) is 5.92 Å². The molecule has 5 nitrogen and oxygen atoms in total. The summed E-state index contributed by atoms with van der Waals surface area (Å²) in [5, 5.41) is 2.50. The van der Waals surface area contributed by atoms with E-state index in [1.165, 1.54) is 16.4 Å². The number of alkyl halides is 3.